The molecule has 0 spiro atoms. The van der Waals surface area contributed by atoms with Crippen LogP contribution < -0.4 is 15.8 Å². The highest BCUT2D eigenvalue weighted by Crippen LogP contribution is 2.27. The van der Waals surface area contributed by atoms with Gasteiger partial charge in [0, 0.05) is 19.6 Å². The SMILES string of the molecule is CN=C(NCCc1ccc(S(N)(=O)=O)cc1)NC(C)CCC1CCCCC1.I. The highest BCUT2D eigenvalue weighted by Gasteiger charge is 2.15. The average Bonchev–Trinajstić information content (AvgIpc) is 2.66. The van der Waals surface area contributed by atoms with Gasteiger partial charge in [-0.25, -0.2) is 13.6 Å². The van der Waals surface area contributed by atoms with Crippen molar-refractivity contribution in [2.75, 3.05) is 13.6 Å². The lowest BCUT2D eigenvalue weighted by Crippen LogP contribution is -2.43. The van der Waals surface area contributed by atoms with E-state index in [4.69, 9.17) is 5.14 Å². The summed E-state index contributed by atoms with van der Waals surface area (Å²) < 4.78 is 22.6. The van der Waals surface area contributed by atoms with E-state index in [0.717, 1.165) is 30.4 Å². The fourth-order valence-electron chi connectivity index (χ4n) is 3.63. The molecule has 0 aromatic heterocycles. The van der Waals surface area contributed by atoms with Gasteiger partial charge in [-0.1, -0.05) is 44.2 Å². The summed E-state index contributed by atoms with van der Waals surface area (Å²) in [5.74, 6) is 1.71. The summed E-state index contributed by atoms with van der Waals surface area (Å²) in [6, 6.07) is 7.08. The Hall–Kier alpha value is -0.870. The standard InChI is InChI=1S/C20H34N4O2S.HI/c1-16(8-9-17-6-4-3-5-7-17)24-20(22-2)23-15-14-18-10-12-19(13-11-18)27(21,25)26;/h10-13,16-17H,3-9,14-15H2,1-2H3,(H2,21,25,26)(H2,22,23,24);1H. The van der Waals surface area contributed by atoms with Crippen LogP contribution in [0, 0.1) is 5.92 Å². The van der Waals surface area contributed by atoms with Gasteiger partial charge in [0.1, 0.15) is 0 Å². The monoisotopic (exact) mass is 522 g/mol. The minimum absolute atomic E-state index is 0. The summed E-state index contributed by atoms with van der Waals surface area (Å²) in [6.45, 7) is 2.94. The molecule has 160 valence electrons. The topological polar surface area (TPSA) is 96.6 Å². The predicted octanol–water partition coefficient (Wildman–Crippen LogP) is 3.41. The third-order valence-corrected chi connectivity index (χ3v) is 6.23. The van der Waals surface area contributed by atoms with Crippen LogP contribution in [0.2, 0.25) is 0 Å². The Bertz CT molecular complexity index is 701. The Morgan fingerprint density at radius 1 is 1.21 bits per heavy atom. The fourth-order valence-corrected chi connectivity index (χ4v) is 4.15. The summed E-state index contributed by atoms with van der Waals surface area (Å²) in [7, 11) is -1.85. The Kier molecular flexibility index (Phi) is 11.4. The molecule has 0 radical (unpaired) electrons. The molecule has 1 aliphatic rings. The third-order valence-electron chi connectivity index (χ3n) is 5.30. The van der Waals surface area contributed by atoms with E-state index in [-0.39, 0.29) is 28.9 Å². The Balaban J connectivity index is 0.00000392. The van der Waals surface area contributed by atoms with Crippen LogP contribution in [0.3, 0.4) is 0 Å². The molecule has 6 nitrogen and oxygen atoms in total. The van der Waals surface area contributed by atoms with Crippen LogP contribution in [0.1, 0.15) is 57.4 Å². The Morgan fingerprint density at radius 2 is 1.86 bits per heavy atom. The summed E-state index contributed by atoms with van der Waals surface area (Å²) in [4.78, 5) is 4.44. The summed E-state index contributed by atoms with van der Waals surface area (Å²) in [6.07, 6.45) is 10.2. The number of halogens is 1. The van der Waals surface area contributed by atoms with Gasteiger partial charge < -0.3 is 10.6 Å². The zero-order valence-corrected chi connectivity index (χ0v) is 20.1. The molecule has 0 saturated heterocycles. The largest absolute Gasteiger partial charge is 0.356 e. The quantitative estimate of drug-likeness (QED) is 0.277. The maximum atomic E-state index is 11.3. The average molecular weight is 522 g/mol. The molecule has 0 heterocycles. The van der Waals surface area contributed by atoms with Gasteiger partial charge in [-0.3, -0.25) is 4.99 Å². The molecule has 28 heavy (non-hydrogen) atoms. The second kappa shape index (κ2) is 12.6. The van der Waals surface area contributed by atoms with Crippen LogP contribution in [0.4, 0.5) is 0 Å². The van der Waals surface area contributed by atoms with Crippen molar-refractivity contribution >= 4 is 40.0 Å². The summed E-state index contributed by atoms with van der Waals surface area (Å²) in [5, 5.41) is 11.9. The molecule has 0 amide bonds. The van der Waals surface area contributed by atoms with Crippen LogP contribution in [0.15, 0.2) is 34.2 Å². The Labute approximate surface area is 187 Å². The number of nitrogens with one attached hydrogen (secondary N) is 2. The van der Waals surface area contributed by atoms with Crippen LogP contribution >= 0.6 is 24.0 Å². The molecule has 1 unspecified atom stereocenters. The molecule has 0 aliphatic heterocycles. The van der Waals surface area contributed by atoms with Crippen molar-refractivity contribution in [3.63, 3.8) is 0 Å². The first kappa shape index (κ1) is 25.2. The van der Waals surface area contributed by atoms with Crippen molar-refractivity contribution in [2.45, 2.75) is 69.2 Å². The van der Waals surface area contributed by atoms with Crippen molar-refractivity contribution in [3.05, 3.63) is 29.8 Å². The number of hydrogen-bond donors (Lipinski definition) is 3. The number of guanidine groups is 1. The first-order valence-electron chi connectivity index (χ1n) is 9.97. The number of hydrogen-bond acceptors (Lipinski definition) is 3. The van der Waals surface area contributed by atoms with Gasteiger partial charge in [0.25, 0.3) is 0 Å². The number of nitrogens with zero attached hydrogens (tertiary/aromatic N) is 1. The number of sulfonamides is 1. The lowest BCUT2D eigenvalue weighted by Gasteiger charge is -2.24. The molecule has 1 saturated carbocycles. The molecule has 1 aromatic rings. The molecule has 1 aliphatic carbocycles. The van der Waals surface area contributed by atoms with Gasteiger partial charge >= 0.3 is 0 Å². The van der Waals surface area contributed by atoms with E-state index in [2.05, 4.69) is 22.5 Å². The molecular weight excluding hydrogens is 487 g/mol. The van der Waals surface area contributed by atoms with Crippen LogP contribution in [-0.2, 0) is 16.4 Å². The molecule has 1 aromatic carbocycles. The number of benzene rings is 1. The first-order valence-corrected chi connectivity index (χ1v) is 11.5. The Morgan fingerprint density at radius 3 is 2.43 bits per heavy atom. The van der Waals surface area contributed by atoms with E-state index in [9.17, 15) is 8.42 Å². The molecular formula is C20H35IN4O2S. The van der Waals surface area contributed by atoms with Crippen LogP contribution in [0.5, 0.6) is 0 Å². The van der Waals surface area contributed by atoms with Crippen molar-refractivity contribution in [1.29, 1.82) is 0 Å². The molecule has 0 bridgehead atoms. The van der Waals surface area contributed by atoms with Gasteiger partial charge in [0.15, 0.2) is 5.96 Å². The predicted molar refractivity (Wildman–Crippen MR) is 127 cm³/mol. The van der Waals surface area contributed by atoms with Gasteiger partial charge in [-0.2, -0.15) is 0 Å². The number of aliphatic imine (C=N–C) groups is 1. The van der Waals surface area contributed by atoms with E-state index in [1.807, 2.05) is 0 Å². The van der Waals surface area contributed by atoms with E-state index in [1.54, 1.807) is 31.3 Å². The maximum Gasteiger partial charge on any atom is 0.238 e. The number of rotatable bonds is 8. The molecule has 8 heteroatoms. The minimum atomic E-state index is -3.63. The molecule has 1 fully saturated rings. The number of nitrogens with two attached hydrogens (primary N) is 1. The van der Waals surface area contributed by atoms with Crippen molar-refractivity contribution in [2.24, 2.45) is 16.0 Å². The number of primary sulfonamides is 1. The smallest absolute Gasteiger partial charge is 0.238 e. The minimum Gasteiger partial charge on any atom is -0.356 e. The van der Waals surface area contributed by atoms with Crippen molar-refractivity contribution in [3.8, 4) is 0 Å². The zero-order valence-electron chi connectivity index (χ0n) is 17.0. The highest BCUT2D eigenvalue weighted by molar-refractivity contribution is 14.0. The lowest BCUT2D eigenvalue weighted by atomic mass is 9.85. The van der Waals surface area contributed by atoms with E-state index in [1.165, 1.54) is 44.9 Å². The molecule has 1 atom stereocenters. The second-order valence-electron chi connectivity index (χ2n) is 7.56. The van der Waals surface area contributed by atoms with Crippen LogP contribution in [0.25, 0.3) is 0 Å². The van der Waals surface area contributed by atoms with Crippen molar-refractivity contribution in [1.82, 2.24) is 10.6 Å². The fraction of sp³-hybridized carbons (Fsp3) is 0.650. The van der Waals surface area contributed by atoms with E-state index in [0.29, 0.717) is 6.04 Å². The molecule has 2 rings (SSSR count). The van der Waals surface area contributed by atoms with Crippen molar-refractivity contribution < 1.29 is 8.42 Å². The highest BCUT2D eigenvalue weighted by atomic mass is 127. The second-order valence-corrected chi connectivity index (χ2v) is 9.13. The zero-order chi connectivity index (χ0) is 19.7. The van der Waals surface area contributed by atoms with E-state index >= 15 is 0 Å². The summed E-state index contributed by atoms with van der Waals surface area (Å²) >= 11 is 0. The van der Waals surface area contributed by atoms with Gasteiger partial charge in [0.05, 0.1) is 4.90 Å². The van der Waals surface area contributed by atoms with Gasteiger partial charge in [-0.15, -0.1) is 24.0 Å². The maximum absolute atomic E-state index is 11.3. The summed E-state index contributed by atoms with van der Waals surface area (Å²) in [5.41, 5.74) is 1.05. The van der Waals surface area contributed by atoms with E-state index < -0.39 is 10.0 Å². The lowest BCUT2D eigenvalue weighted by molar-refractivity contribution is 0.322. The first-order chi connectivity index (χ1) is 12.9. The normalized spacial score (nSPS) is 16.9. The third kappa shape index (κ3) is 9.09. The van der Waals surface area contributed by atoms with Crippen LogP contribution in [-0.4, -0.2) is 34.0 Å². The van der Waals surface area contributed by atoms with Gasteiger partial charge in [-0.05, 0) is 49.8 Å². The van der Waals surface area contributed by atoms with Gasteiger partial charge in [0.2, 0.25) is 10.0 Å². The molecule has 4 N–H and O–H groups in total.